The van der Waals surface area contributed by atoms with Gasteiger partial charge in [0.15, 0.2) is 0 Å². The maximum absolute atomic E-state index is 5.99. The maximum Gasteiger partial charge on any atom is 0.111 e. The van der Waals surface area contributed by atoms with Crippen molar-refractivity contribution >= 4 is 0 Å². The summed E-state index contributed by atoms with van der Waals surface area (Å²) in [7, 11) is 0. The van der Waals surface area contributed by atoms with Crippen LogP contribution in [0.15, 0.2) is 42.2 Å². The van der Waals surface area contributed by atoms with E-state index < -0.39 is 0 Å². The van der Waals surface area contributed by atoms with Crippen LogP contribution in [0.25, 0.3) is 0 Å². The van der Waals surface area contributed by atoms with Crippen LogP contribution in [-0.2, 0) is 10.2 Å². The molecule has 0 spiro atoms. The summed E-state index contributed by atoms with van der Waals surface area (Å²) in [6.45, 7) is 0.814. The molecule has 1 fully saturated rings. The van der Waals surface area contributed by atoms with Crippen LogP contribution in [0.3, 0.4) is 0 Å². The number of hydrazine groups is 1. The predicted octanol–water partition coefficient (Wildman–Crippen LogP) is 3.41. The molecular weight excluding hydrogens is 260 g/mol. The summed E-state index contributed by atoms with van der Waals surface area (Å²) < 4.78 is 5.95. The van der Waals surface area contributed by atoms with Gasteiger partial charge >= 0.3 is 0 Å². The number of nitrogens with two attached hydrogens (primary N) is 1. The highest BCUT2D eigenvalue weighted by Crippen LogP contribution is 2.44. The first-order valence-corrected chi connectivity index (χ1v) is 8.21. The van der Waals surface area contributed by atoms with E-state index in [1.807, 2.05) is 0 Å². The van der Waals surface area contributed by atoms with Gasteiger partial charge in [0.05, 0.1) is 12.6 Å². The minimum absolute atomic E-state index is 0.0669. The molecule has 3 heteroatoms. The van der Waals surface area contributed by atoms with Gasteiger partial charge in [-0.2, -0.15) is 0 Å². The van der Waals surface area contributed by atoms with Gasteiger partial charge in [0.2, 0.25) is 0 Å². The van der Waals surface area contributed by atoms with Crippen molar-refractivity contribution in [2.45, 2.75) is 56.4 Å². The van der Waals surface area contributed by atoms with Crippen molar-refractivity contribution in [2.75, 3.05) is 6.61 Å². The second kappa shape index (κ2) is 6.63. The molecule has 0 bridgehead atoms. The lowest BCUT2D eigenvalue weighted by atomic mass is 9.64. The Balaban J connectivity index is 1.99. The molecule has 2 aliphatic rings. The lowest BCUT2D eigenvalue weighted by Gasteiger charge is -2.45. The molecule has 21 heavy (non-hydrogen) atoms. The number of nitrogens with one attached hydrogen (secondary N) is 1. The fourth-order valence-electron chi connectivity index (χ4n) is 3.99. The third-order valence-electron chi connectivity index (χ3n) is 5.06. The van der Waals surface area contributed by atoms with Crippen LogP contribution >= 0.6 is 0 Å². The van der Waals surface area contributed by atoms with E-state index >= 15 is 0 Å². The summed E-state index contributed by atoms with van der Waals surface area (Å²) in [5.74, 6) is 7.04. The first kappa shape index (κ1) is 14.6. The minimum Gasteiger partial charge on any atom is -0.497 e. The van der Waals surface area contributed by atoms with Crippen LogP contribution in [0.4, 0.5) is 0 Å². The lowest BCUT2D eigenvalue weighted by Crippen LogP contribution is -2.54. The zero-order chi connectivity index (χ0) is 14.5. The van der Waals surface area contributed by atoms with Crippen molar-refractivity contribution in [1.29, 1.82) is 0 Å². The van der Waals surface area contributed by atoms with E-state index in [1.54, 1.807) is 0 Å². The Morgan fingerprint density at radius 1 is 1.05 bits per heavy atom. The van der Waals surface area contributed by atoms with Crippen LogP contribution in [-0.4, -0.2) is 12.6 Å². The number of ether oxygens (including phenoxy) is 1. The highest BCUT2D eigenvalue weighted by molar-refractivity contribution is 5.32. The highest BCUT2D eigenvalue weighted by Gasteiger charge is 2.43. The molecular formula is C18H26N2O. The molecule has 3 N–H and O–H groups in total. The van der Waals surface area contributed by atoms with Crippen LogP contribution < -0.4 is 11.3 Å². The number of hydrogen-bond acceptors (Lipinski definition) is 3. The van der Waals surface area contributed by atoms with Crippen molar-refractivity contribution in [1.82, 2.24) is 5.43 Å². The van der Waals surface area contributed by atoms with E-state index in [2.05, 4.69) is 41.8 Å². The Labute approximate surface area is 127 Å². The number of rotatable bonds is 4. The van der Waals surface area contributed by atoms with E-state index in [-0.39, 0.29) is 11.5 Å². The molecule has 1 atom stereocenters. The fourth-order valence-corrected chi connectivity index (χ4v) is 3.99. The van der Waals surface area contributed by atoms with Gasteiger partial charge in [-0.3, -0.25) is 5.84 Å². The molecule has 1 heterocycles. The minimum atomic E-state index is 0.0669. The van der Waals surface area contributed by atoms with Crippen molar-refractivity contribution < 1.29 is 4.74 Å². The number of allylic oxidation sites excluding steroid dienone is 1. The maximum atomic E-state index is 5.99. The predicted molar refractivity (Wildman–Crippen MR) is 85.6 cm³/mol. The molecule has 1 aliphatic carbocycles. The molecule has 0 amide bonds. The fraction of sp³-hybridized carbons (Fsp3) is 0.556. The number of benzene rings is 1. The highest BCUT2D eigenvalue weighted by atomic mass is 16.5. The van der Waals surface area contributed by atoms with Crippen molar-refractivity contribution in [3.63, 3.8) is 0 Å². The summed E-state index contributed by atoms with van der Waals surface area (Å²) in [6, 6.07) is 10.9. The monoisotopic (exact) mass is 286 g/mol. The molecule has 3 rings (SSSR count). The van der Waals surface area contributed by atoms with E-state index in [0.29, 0.717) is 0 Å². The van der Waals surface area contributed by atoms with Gasteiger partial charge in [-0.05, 0) is 37.3 Å². The average molecular weight is 286 g/mol. The molecule has 114 valence electrons. The van der Waals surface area contributed by atoms with Gasteiger partial charge in [0.1, 0.15) is 5.76 Å². The quantitative estimate of drug-likeness (QED) is 0.658. The van der Waals surface area contributed by atoms with E-state index in [9.17, 15) is 0 Å². The standard InChI is InChI=1S/C18H26N2O/c19-20-17(16-11-5-8-14-21-16)18(12-6-2-7-13-18)15-9-3-1-4-10-15/h1,3-4,9-11,17,20H,2,5-8,12-14,19H2. The van der Waals surface area contributed by atoms with E-state index in [1.165, 1.54) is 37.7 Å². The van der Waals surface area contributed by atoms with Crippen molar-refractivity contribution in [3.8, 4) is 0 Å². The normalized spacial score (nSPS) is 23.0. The van der Waals surface area contributed by atoms with Gasteiger partial charge in [0.25, 0.3) is 0 Å². The van der Waals surface area contributed by atoms with Gasteiger partial charge in [-0.15, -0.1) is 0 Å². The van der Waals surface area contributed by atoms with Gasteiger partial charge in [-0.1, -0.05) is 49.6 Å². The SMILES string of the molecule is NNC(C1=CCCCO1)C1(c2ccccc2)CCCCC1. The smallest absolute Gasteiger partial charge is 0.111 e. The topological polar surface area (TPSA) is 47.3 Å². The van der Waals surface area contributed by atoms with Crippen LogP contribution in [0.2, 0.25) is 0 Å². The van der Waals surface area contributed by atoms with Gasteiger partial charge in [0, 0.05) is 5.41 Å². The molecule has 1 saturated carbocycles. The summed E-state index contributed by atoms with van der Waals surface area (Å²) in [6.07, 6.45) is 10.6. The van der Waals surface area contributed by atoms with Crippen LogP contribution in [0.1, 0.15) is 50.5 Å². The van der Waals surface area contributed by atoms with Crippen molar-refractivity contribution in [2.24, 2.45) is 5.84 Å². The summed E-state index contributed by atoms with van der Waals surface area (Å²) in [4.78, 5) is 0. The molecule has 1 unspecified atom stereocenters. The second-order valence-electron chi connectivity index (χ2n) is 6.28. The van der Waals surface area contributed by atoms with Crippen LogP contribution in [0, 0.1) is 0 Å². The Hall–Kier alpha value is -1.32. The van der Waals surface area contributed by atoms with Crippen molar-refractivity contribution in [3.05, 3.63) is 47.7 Å². The average Bonchev–Trinajstić information content (AvgIpc) is 2.58. The molecule has 0 radical (unpaired) electrons. The summed E-state index contributed by atoms with van der Waals surface area (Å²) >= 11 is 0. The molecule has 1 aliphatic heterocycles. The molecule has 0 saturated heterocycles. The third-order valence-corrected chi connectivity index (χ3v) is 5.06. The van der Waals surface area contributed by atoms with Gasteiger partial charge < -0.3 is 4.74 Å². The molecule has 1 aromatic rings. The Bertz CT molecular complexity index is 477. The molecule has 1 aromatic carbocycles. The third kappa shape index (κ3) is 2.85. The largest absolute Gasteiger partial charge is 0.497 e. The summed E-state index contributed by atoms with van der Waals surface area (Å²) in [5, 5.41) is 0. The number of hydrogen-bond donors (Lipinski definition) is 2. The zero-order valence-electron chi connectivity index (χ0n) is 12.7. The van der Waals surface area contributed by atoms with E-state index in [0.717, 1.165) is 25.2 Å². The first-order chi connectivity index (χ1) is 10.4. The molecule has 0 aromatic heterocycles. The first-order valence-electron chi connectivity index (χ1n) is 8.21. The Kier molecular flexibility index (Phi) is 4.61. The molecule has 3 nitrogen and oxygen atoms in total. The zero-order valence-corrected chi connectivity index (χ0v) is 12.7. The Morgan fingerprint density at radius 2 is 1.81 bits per heavy atom. The lowest BCUT2D eigenvalue weighted by molar-refractivity contribution is 0.123. The summed E-state index contributed by atoms with van der Waals surface area (Å²) in [5.41, 5.74) is 4.55. The van der Waals surface area contributed by atoms with E-state index in [4.69, 9.17) is 10.6 Å². The Morgan fingerprint density at radius 3 is 2.43 bits per heavy atom. The van der Waals surface area contributed by atoms with Crippen LogP contribution in [0.5, 0.6) is 0 Å². The second-order valence-corrected chi connectivity index (χ2v) is 6.28. The van der Waals surface area contributed by atoms with Gasteiger partial charge in [-0.25, -0.2) is 5.43 Å².